The summed E-state index contributed by atoms with van der Waals surface area (Å²) in [7, 11) is 1.44. The maximum atomic E-state index is 12.4. The highest BCUT2D eigenvalue weighted by molar-refractivity contribution is 5.93. The molecule has 2 aromatic rings. The van der Waals surface area contributed by atoms with Crippen LogP contribution in [0.2, 0.25) is 0 Å². The number of carbonyl (C=O) groups is 1. The fourth-order valence-corrected chi connectivity index (χ4v) is 3.21. The van der Waals surface area contributed by atoms with E-state index >= 15 is 0 Å². The van der Waals surface area contributed by atoms with Crippen LogP contribution < -0.4 is 19.9 Å². The van der Waals surface area contributed by atoms with E-state index in [-0.39, 0.29) is 23.8 Å². The molecule has 0 unspecified atom stereocenters. The first-order valence-electron chi connectivity index (χ1n) is 8.82. The van der Waals surface area contributed by atoms with Gasteiger partial charge in [0.25, 0.3) is 11.6 Å². The minimum atomic E-state index is -0.524. The van der Waals surface area contributed by atoms with E-state index in [0.29, 0.717) is 5.75 Å². The van der Waals surface area contributed by atoms with Gasteiger partial charge in [-0.3, -0.25) is 14.9 Å². The van der Waals surface area contributed by atoms with Crippen molar-refractivity contribution >= 4 is 23.0 Å². The highest BCUT2D eigenvalue weighted by atomic mass is 16.6. The summed E-state index contributed by atoms with van der Waals surface area (Å²) in [4.78, 5) is 26.5. The molecule has 0 aliphatic carbocycles. The number of quaternary nitrogens is 1. The number of nitrogens with one attached hydrogen (secondary N) is 2. The van der Waals surface area contributed by atoms with Crippen molar-refractivity contribution in [3.8, 4) is 5.75 Å². The molecule has 2 N–H and O–H groups in total. The summed E-state index contributed by atoms with van der Waals surface area (Å²) in [6, 6.07) is 14.6. The Balaban J connectivity index is 1.55. The Bertz CT molecular complexity index is 805. The minimum Gasteiger partial charge on any atom is -0.496 e. The number of nitro benzene ring substituents is 1. The molecule has 0 spiro atoms. The first kappa shape index (κ1) is 18.7. The van der Waals surface area contributed by atoms with Crippen LogP contribution in [0.5, 0.6) is 5.75 Å². The SMILES string of the molecule is COc1ccc(NC(=O)C[NH+]2CCN(c3ccccc3)CC2)c([N+](=O)[O-])c1. The number of para-hydroxylation sites is 1. The van der Waals surface area contributed by atoms with Crippen LogP contribution in [-0.2, 0) is 4.79 Å². The number of anilines is 2. The van der Waals surface area contributed by atoms with Crippen molar-refractivity contribution in [2.45, 2.75) is 0 Å². The number of benzene rings is 2. The van der Waals surface area contributed by atoms with E-state index in [1.807, 2.05) is 18.2 Å². The summed E-state index contributed by atoms with van der Waals surface area (Å²) in [6.45, 7) is 3.70. The van der Waals surface area contributed by atoms with Crippen LogP contribution in [0.25, 0.3) is 0 Å². The summed E-state index contributed by atoms with van der Waals surface area (Å²) in [5.74, 6) is 0.147. The van der Waals surface area contributed by atoms with Gasteiger partial charge in [-0.2, -0.15) is 0 Å². The van der Waals surface area contributed by atoms with Gasteiger partial charge in [0, 0.05) is 5.69 Å². The number of amides is 1. The number of ether oxygens (including phenoxy) is 1. The van der Waals surface area contributed by atoms with E-state index in [1.165, 1.54) is 24.9 Å². The van der Waals surface area contributed by atoms with Crippen molar-refractivity contribution in [3.63, 3.8) is 0 Å². The van der Waals surface area contributed by atoms with Crippen LogP contribution in [-0.4, -0.2) is 50.7 Å². The lowest BCUT2D eigenvalue weighted by atomic mass is 10.2. The topological polar surface area (TPSA) is 89.2 Å². The molecule has 0 bridgehead atoms. The maximum Gasteiger partial charge on any atom is 0.296 e. The van der Waals surface area contributed by atoms with Gasteiger partial charge in [0.15, 0.2) is 6.54 Å². The van der Waals surface area contributed by atoms with E-state index in [1.54, 1.807) is 6.07 Å². The molecule has 1 aliphatic heterocycles. The van der Waals surface area contributed by atoms with Crippen LogP contribution in [0.4, 0.5) is 17.1 Å². The first-order valence-corrected chi connectivity index (χ1v) is 8.82. The van der Waals surface area contributed by atoms with Gasteiger partial charge in [-0.25, -0.2) is 0 Å². The van der Waals surface area contributed by atoms with E-state index in [0.717, 1.165) is 31.1 Å². The fourth-order valence-electron chi connectivity index (χ4n) is 3.21. The first-order chi connectivity index (χ1) is 13.1. The monoisotopic (exact) mass is 371 g/mol. The number of nitrogens with zero attached hydrogens (tertiary/aromatic N) is 2. The van der Waals surface area contributed by atoms with Crippen LogP contribution >= 0.6 is 0 Å². The number of nitro groups is 1. The highest BCUT2D eigenvalue weighted by Gasteiger charge is 2.24. The molecule has 3 rings (SSSR count). The lowest BCUT2D eigenvalue weighted by molar-refractivity contribution is -0.892. The molecule has 1 heterocycles. The van der Waals surface area contributed by atoms with Gasteiger partial charge in [0.1, 0.15) is 11.4 Å². The van der Waals surface area contributed by atoms with Gasteiger partial charge in [0.2, 0.25) is 0 Å². The van der Waals surface area contributed by atoms with Crippen molar-refractivity contribution in [1.82, 2.24) is 0 Å². The van der Waals surface area contributed by atoms with Crippen LogP contribution in [0.1, 0.15) is 0 Å². The molecule has 0 saturated carbocycles. The standard InChI is InChI=1S/C19H22N4O4/c1-27-16-7-8-17(18(13-16)23(25)26)20-19(24)14-21-9-11-22(12-10-21)15-5-3-2-4-6-15/h2-8,13H,9-12,14H2,1H3,(H,20,24)/p+1. The minimum absolute atomic E-state index is 0.174. The molecular formula is C19H23N4O4+. The molecule has 0 aromatic heterocycles. The number of piperazine rings is 1. The molecule has 0 atom stereocenters. The Morgan fingerprint density at radius 3 is 2.56 bits per heavy atom. The number of carbonyl (C=O) groups excluding carboxylic acids is 1. The van der Waals surface area contributed by atoms with Gasteiger partial charge in [-0.05, 0) is 24.3 Å². The van der Waals surface area contributed by atoms with E-state index < -0.39 is 4.92 Å². The second-order valence-corrected chi connectivity index (χ2v) is 6.44. The second-order valence-electron chi connectivity index (χ2n) is 6.44. The van der Waals surface area contributed by atoms with Gasteiger partial charge in [-0.1, -0.05) is 18.2 Å². The normalized spacial score (nSPS) is 14.6. The third kappa shape index (κ3) is 4.73. The zero-order valence-electron chi connectivity index (χ0n) is 15.2. The third-order valence-electron chi connectivity index (χ3n) is 4.68. The Morgan fingerprint density at radius 2 is 1.93 bits per heavy atom. The quantitative estimate of drug-likeness (QED) is 0.583. The second kappa shape index (κ2) is 8.50. The molecular weight excluding hydrogens is 348 g/mol. The van der Waals surface area contributed by atoms with E-state index in [9.17, 15) is 14.9 Å². The molecule has 2 aromatic carbocycles. The molecule has 8 heteroatoms. The molecule has 142 valence electrons. The van der Waals surface area contributed by atoms with E-state index in [4.69, 9.17) is 4.74 Å². The zero-order valence-corrected chi connectivity index (χ0v) is 15.2. The van der Waals surface area contributed by atoms with Gasteiger partial charge in [-0.15, -0.1) is 0 Å². The van der Waals surface area contributed by atoms with E-state index in [2.05, 4.69) is 22.3 Å². The van der Waals surface area contributed by atoms with Crippen molar-refractivity contribution in [2.24, 2.45) is 0 Å². The average Bonchev–Trinajstić information content (AvgIpc) is 2.69. The molecule has 8 nitrogen and oxygen atoms in total. The Morgan fingerprint density at radius 1 is 1.22 bits per heavy atom. The number of rotatable bonds is 6. The lowest BCUT2D eigenvalue weighted by Gasteiger charge is -2.33. The summed E-state index contributed by atoms with van der Waals surface area (Å²) < 4.78 is 5.01. The average molecular weight is 371 g/mol. The largest absolute Gasteiger partial charge is 0.496 e. The van der Waals surface area contributed by atoms with Crippen molar-refractivity contribution in [3.05, 3.63) is 58.6 Å². The van der Waals surface area contributed by atoms with Crippen molar-refractivity contribution < 1.29 is 19.4 Å². The molecule has 1 amide bonds. The molecule has 1 aliphatic rings. The summed E-state index contributed by atoms with van der Waals surface area (Å²) >= 11 is 0. The molecule has 1 saturated heterocycles. The maximum absolute atomic E-state index is 12.4. The van der Waals surface area contributed by atoms with Crippen LogP contribution in [0.3, 0.4) is 0 Å². The zero-order chi connectivity index (χ0) is 19.2. The highest BCUT2D eigenvalue weighted by Crippen LogP contribution is 2.28. The predicted octanol–water partition coefficient (Wildman–Crippen LogP) is 0.947. The predicted molar refractivity (Wildman–Crippen MR) is 102 cm³/mol. The Hall–Kier alpha value is -3.13. The Kier molecular flexibility index (Phi) is 5.87. The molecule has 0 radical (unpaired) electrons. The summed E-state index contributed by atoms with van der Waals surface area (Å²) in [5.41, 5.74) is 1.20. The lowest BCUT2D eigenvalue weighted by Crippen LogP contribution is -3.15. The smallest absolute Gasteiger partial charge is 0.296 e. The van der Waals surface area contributed by atoms with Gasteiger partial charge < -0.3 is 19.9 Å². The summed E-state index contributed by atoms with van der Waals surface area (Å²) in [6.07, 6.45) is 0. The fraction of sp³-hybridized carbons (Fsp3) is 0.316. The Labute approximate surface area is 157 Å². The number of methoxy groups -OCH3 is 1. The van der Waals surface area contributed by atoms with Gasteiger partial charge >= 0.3 is 0 Å². The summed E-state index contributed by atoms with van der Waals surface area (Å²) in [5, 5.41) is 13.9. The van der Waals surface area contributed by atoms with Crippen LogP contribution in [0, 0.1) is 10.1 Å². The van der Waals surface area contributed by atoms with Crippen molar-refractivity contribution in [1.29, 1.82) is 0 Å². The third-order valence-corrected chi connectivity index (χ3v) is 4.68. The molecule has 1 fully saturated rings. The number of hydrogen-bond donors (Lipinski definition) is 2. The van der Waals surface area contributed by atoms with Crippen LogP contribution in [0.15, 0.2) is 48.5 Å². The number of hydrogen-bond acceptors (Lipinski definition) is 5. The van der Waals surface area contributed by atoms with Gasteiger partial charge in [0.05, 0.1) is 44.3 Å². The van der Waals surface area contributed by atoms with Crippen molar-refractivity contribution in [2.75, 3.05) is 50.1 Å². The molecule has 27 heavy (non-hydrogen) atoms.